The van der Waals surface area contributed by atoms with Crippen molar-refractivity contribution in [3.8, 4) is 28.7 Å². The molecule has 0 fully saturated rings. The highest BCUT2D eigenvalue weighted by atomic mass is 16.6. The molecule has 0 radical (unpaired) electrons. The van der Waals surface area contributed by atoms with Crippen molar-refractivity contribution in [2.45, 2.75) is 71.9 Å². The fraction of sp³-hybridized carbons (Fsp3) is 0.393. The zero-order valence-electron chi connectivity index (χ0n) is 22.7. The van der Waals surface area contributed by atoms with Gasteiger partial charge in [0.1, 0.15) is 28.9 Å². The molecule has 1 N–H and O–H groups in total. The Morgan fingerprint density at radius 1 is 0.850 bits per heavy atom. The second-order valence-electron chi connectivity index (χ2n) is 9.97. The second kappa shape index (κ2) is 10.6. The van der Waals surface area contributed by atoms with Gasteiger partial charge in [-0.25, -0.2) is 0 Å². The third-order valence-electron chi connectivity index (χ3n) is 6.02. The molecule has 3 atom stereocenters. The van der Waals surface area contributed by atoms with Crippen molar-refractivity contribution in [3.05, 3.63) is 41.0 Å². The highest BCUT2D eigenvalue weighted by molar-refractivity contribution is 6.03. The minimum absolute atomic E-state index is 0.00654. The molecule has 12 heteroatoms. The minimum Gasteiger partial charge on any atom is -0.484 e. The maximum atomic E-state index is 13.3. The number of ether oxygens (including phenoxy) is 6. The summed E-state index contributed by atoms with van der Waals surface area (Å²) in [4.78, 5) is 60.4. The summed E-state index contributed by atoms with van der Waals surface area (Å²) in [5.41, 5.74) is -0.819. The summed E-state index contributed by atoms with van der Waals surface area (Å²) >= 11 is 0. The molecule has 2 heterocycles. The van der Waals surface area contributed by atoms with E-state index in [-0.39, 0.29) is 40.7 Å². The van der Waals surface area contributed by atoms with Gasteiger partial charge in [-0.1, -0.05) is 0 Å². The van der Waals surface area contributed by atoms with Crippen molar-refractivity contribution in [1.82, 2.24) is 0 Å². The fourth-order valence-corrected chi connectivity index (χ4v) is 4.62. The number of ketones is 1. The molecule has 40 heavy (non-hydrogen) atoms. The first kappa shape index (κ1) is 28.6. The molecule has 212 valence electrons. The quantitative estimate of drug-likeness (QED) is 0.409. The summed E-state index contributed by atoms with van der Waals surface area (Å²) in [6.07, 6.45) is -3.26. The summed E-state index contributed by atoms with van der Waals surface area (Å²) in [5, 5.41) is 10.7. The fourth-order valence-electron chi connectivity index (χ4n) is 4.62. The number of rotatable bonds is 6. The van der Waals surface area contributed by atoms with Gasteiger partial charge in [0, 0.05) is 45.4 Å². The topological polar surface area (TPSA) is 161 Å². The highest BCUT2D eigenvalue weighted by Crippen LogP contribution is 2.51. The van der Waals surface area contributed by atoms with Crippen LogP contribution in [-0.2, 0) is 23.9 Å². The Morgan fingerprint density at radius 2 is 1.48 bits per heavy atom. The Kier molecular flexibility index (Phi) is 7.57. The van der Waals surface area contributed by atoms with E-state index in [9.17, 15) is 29.1 Å². The molecule has 0 aromatic heterocycles. The summed E-state index contributed by atoms with van der Waals surface area (Å²) in [7, 11) is 0. The third-order valence-corrected chi connectivity index (χ3v) is 6.02. The Balaban J connectivity index is 1.82. The highest BCUT2D eigenvalue weighted by Gasteiger charge is 2.47. The van der Waals surface area contributed by atoms with Crippen molar-refractivity contribution in [3.63, 3.8) is 0 Å². The maximum Gasteiger partial charge on any atom is 0.308 e. The number of fused-ring (bicyclic) bond motifs is 2. The molecule has 2 aromatic carbocycles. The molecule has 0 saturated carbocycles. The summed E-state index contributed by atoms with van der Waals surface area (Å²) < 4.78 is 33.2. The number of Topliss-reactive ketones (excluding diaryl/α,β-unsaturated/α-hetero) is 1. The van der Waals surface area contributed by atoms with E-state index in [2.05, 4.69) is 0 Å². The molecule has 3 unspecified atom stereocenters. The first-order valence-corrected chi connectivity index (χ1v) is 12.3. The van der Waals surface area contributed by atoms with Crippen molar-refractivity contribution in [2.24, 2.45) is 0 Å². The predicted octanol–water partition coefficient (Wildman–Crippen LogP) is 3.31. The van der Waals surface area contributed by atoms with Gasteiger partial charge in [-0.2, -0.15) is 0 Å². The van der Waals surface area contributed by atoms with E-state index in [1.807, 2.05) is 0 Å². The number of hydrogen-bond acceptors (Lipinski definition) is 12. The zero-order valence-corrected chi connectivity index (χ0v) is 22.7. The number of hydrogen-bond donors (Lipinski definition) is 1. The summed E-state index contributed by atoms with van der Waals surface area (Å²) in [6, 6.07) is 5.59. The van der Waals surface area contributed by atoms with Crippen LogP contribution in [0.1, 0.15) is 81.7 Å². The number of carbonyl (C=O) groups is 5. The van der Waals surface area contributed by atoms with E-state index in [4.69, 9.17) is 28.4 Å². The van der Waals surface area contributed by atoms with E-state index in [0.29, 0.717) is 11.1 Å². The van der Waals surface area contributed by atoms with Gasteiger partial charge in [-0.15, -0.1) is 0 Å². The van der Waals surface area contributed by atoms with Crippen molar-refractivity contribution in [1.29, 1.82) is 0 Å². The van der Waals surface area contributed by atoms with Crippen LogP contribution in [0.3, 0.4) is 0 Å². The summed E-state index contributed by atoms with van der Waals surface area (Å²) in [5.74, 6) is -3.16. The number of aliphatic hydroxyl groups is 1. The molecule has 0 spiro atoms. The van der Waals surface area contributed by atoms with Crippen LogP contribution in [0.15, 0.2) is 24.3 Å². The number of carbonyl (C=O) groups excluding carboxylic acids is 5. The van der Waals surface area contributed by atoms with Crippen molar-refractivity contribution >= 4 is 29.7 Å². The lowest BCUT2D eigenvalue weighted by molar-refractivity contribution is -0.157. The molecular weight excluding hydrogens is 528 g/mol. The van der Waals surface area contributed by atoms with Gasteiger partial charge in [0.2, 0.25) is 0 Å². The molecule has 0 amide bonds. The van der Waals surface area contributed by atoms with Gasteiger partial charge in [0.05, 0.1) is 12.0 Å². The molecular formula is C28H28O12. The lowest BCUT2D eigenvalue weighted by Crippen LogP contribution is -2.42. The van der Waals surface area contributed by atoms with Crippen LogP contribution in [0.25, 0.3) is 0 Å². The average Bonchev–Trinajstić information content (AvgIpc) is 3.16. The van der Waals surface area contributed by atoms with Crippen LogP contribution < -0.4 is 23.7 Å². The SMILES string of the molecule is CC(=O)Oc1cc(OC(C)=O)c2c(c1)OC(c1cc(OC(C)=O)c3c(c1)C(OC(C)=O)C(C(C)(C)O)O3)CC2=O. The van der Waals surface area contributed by atoms with Crippen LogP contribution in [-0.4, -0.2) is 46.5 Å². The number of benzene rings is 2. The first-order chi connectivity index (χ1) is 18.6. The van der Waals surface area contributed by atoms with E-state index in [0.717, 1.165) is 6.92 Å². The van der Waals surface area contributed by atoms with Gasteiger partial charge in [0.25, 0.3) is 0 Å². The van der Waals surface area contributed by atoms with Gasteiger partial charge >= 0.3 is 23.9 Å². The Bertz CT molecular complexity index is 1420. The van der Waals surface area contributed by atoms with E-state index >= 15 is 0 Å². The molecule has 2 aliphatic heterocycles. The largest absolute Gasteiger partial charge is 0.484 e. The first-order valence-electron chi connectivity index (χ1n) is 12.3. The lowest BCUT2D eigenvalue weighted by Gasteiger charge is -2.29. The second-order valence-corrected chi connectivity index (χ2v) is 9.97. The van der Waals surface area contributed by atoms with Gasteiger partial charge in [-0.3, -0.25) is 24.0 Å². The van der Waals surface area contributed by atoms with E-state index < -0.39 is 53.6 Å². The van der Waals surface area contributed by atoms with E-state index in [1.165, 1.54) is 52.8 Å². The average molecular weight is 557 g/mol. The van der Waals surface area contributed by atoms with Gasteiger partial charge in [-0.05, 0) is 31.5 Å². The van der Waals surface area contributed by atoms with E-state index in [1.54, 1.807) is 6.07 Å². The van der Waals surface area contributed by atoms with Crippen molar-refractivity contribution < 1.29 is 57.5 Å². The third kappa shape index (κ3) is 5.91. The minimum atomic E-state index is -1.47. The Morgan fingerprint density at radius 3 is 2.05 bits per heavy atom. The normalized spacial score (nSPS) is 19.4. The molecule has 0 aliphatic carbocycles. The van der Waals surface area contributed by atoms with Crippen LogP contribution in [0.4, 0.5) is 0 Å². The van der Waals surface area contributed by atoms with Gasteiger partial charge < -0.3 is 33.5 Å². The molecule has 0 bridgehead atoms. The van der Waals surface area contributed by atoms with Gasteiger partial charge in [0.15, 0.2) is 29.5 Å². The molecule has 2 aliphatic rings. The lowest BCUT2D eigenvalue weighted by atomic mass is 9.91. The smallest absolute Gasteiger partial charge is 0.308 e. The molecule has 2 aromatic rings. The molecule has 4 rings (SSSR count). The van der Waals surface area contributed by atoms with Crippen LogP contribution >= 0.6 is 0 Å². The predicted molar refractivity (Wildman–Crippen MR) is 134 cm³/mol. The van der Waals surface area contributed by atoms with Crippen LogP contribution in [0.5, 0.6) is 28.7 Å². The molecule has 0 saturated heterocycles. The Hall–Kier alpha value is -4.45. The number of esters is 4. The Labute approximate surface area is 229 Å². The molecule has 12 nitrogen and oxygen atoms in total. The zero-order chi connectivity index (χ0) is 29.5. The van der Waals surface area contributed by atoms with Crippen LogP contribution in [0.2, 0.25) is 0 Å². The monoisotopic (exact) mass is 556 g/mol. The standard InChI is InChI=1S/C28H28O12/c1-12(29)35-17-9-21(36-13(2)30)24-19(33)11-20(39-22(24)10-17)16-7-18-25(23(8-16)37-14(3)31)40-27(28(5,6)34)26(18)38-15(4)32/h7-10,20,26-27,34H,11H2,1-6H3. The summed E-state index contributed by atoms with van der Waals surface area (Å²) in [6.45, 7) is 7.70. The maximum absolute atomic E-state index is 13.3. The van der Waals surface area contributed by atoms with Crippen molar-refractivity contribution in [2.75, 3.05) is 0 Å². The van der Waals surface area contributed by atoms with Crippen LogP contribution in [0, 0.1) is 0 Å².